The number of ether oxygens (including phenoxy) is 4. The Hall–Kier alpha value is -3.68. The Labute approximate surface area is 173 Å². The molecular weight excluding hydrogens is 390 g/mol. The van der Waals surface area contributed by atoms with E-state index in [4.69, 9.17) is 23.4 Å². The third-order valence-electron chi connectivity index (χ3n) is 4.79. The molecule has 3 aromatic rings. The van der Waals surface area contributed by atoms with Crippen molar-refractivity contribution in [3.05, 3.63) is 51.9 Å². The first kappa shape index (κ1) is 21.0. The molecule has 0 aliphatic rings. The number of hydrogen-bond acceptors (Lipinski definition) is 7. The van der Waals surface area contributed by atoms with Gasteiger partial charge in [0.05, 0.1) is 51.5 Å². The summed E-state index contributed by atoms with van der Waals surface area (Å²) in [6.07, 6.45) is -0.181. The molecule has 8 heteroatoms. The molecular formula is C22H23NO7. The number of fused-ring (bicyclic) bond motifs is 1. The molecule has 1 heterocycles. The number of benzene rings is 2. The molecule has 30 heavy (non-hydrogen) atoms. The fraction of sp³-hybridized carbons (Fsp3) is 0.273. The second kappa shape index (κ2) is 8.77. The van der Waals surface area contributed by atoms with Crippen LogP contribution in [0.4, 0.5) is 5.69 Å². The third-order valence-corrected chi connectivity index (χ3v) is 4.79. The first-order valence-electron chi connectivity index (χ1n) is 9.12. The summed E-state index contributed by atoms with van der Waals surface area (Å²) in [6.45, 7) is 1.75. The Bertz CT molecular complexity index is 1150. The maximum absolute atomic E-state index is 12.7. The zero-order chi connectivity index (χ0) is 21.8. The Kier molecular flexibility index (Phi) is 6.15. The van der Waals surface area contributed by atoms with E-state index in [-0.39, 0.29) is 12.0 Å². The van der Waals surface area contributed by atoms with Gasteiger partial charge in [0, 0.05) is 18.2 Å². The fourth-order valence-electron chi connectivity index (χ4n) is 3.23. The van der Waals surface area contributed by atoms with Crippen LogP contribution in [0.3, 0.4) is 0 Å². The third kappa shape index (κ3) is 4.03. The van der Waals surface area contributed by atoms with Crippen molar-refractivity contribution in [2.75, 3.05) is 33.8 Å². The fourth-order valence-corrected chi connectivity index (χ4v) is 3.23. The van der Waals surface area contributed by atoms with Gasteiger partial charge in [-0.3, -0.25) is 4.79 Å². The monoisotopic (exact) mass is 413 g/mol. The van der Waals surface area contributed by atoms with Crippen molar-refractivity contribution in [3.63, 3.8) is 0 Å². The van der Waals surface area contributed by atoms with Crippen LogP contribution < -0.4 is 29.9 Å². The normalized spacial score (nSPS) is 10.6. The first-order chi connectivity index (χ1) is 14.4. The van der Waals surface area contributed by atoms with E-state index < -0.39 is 11.5 Å². The van der Waals surface area contributed by atoms with E-state index in [0.717, 1.165) is 0 Å². The lowest BCUT2D eigenvalue weighted by molar-refractivity contribution is -0.115. The van der Waals surface area contributed by atoms with Crippen molar-refractivity contribution in [1.29, 1.82) is 0 Å². The van der Waals surface area contributed by atoms with Gasteiger partial charge in [-0.25, -0.2) is 4.79 Å². The van der Waals surface area contributed by atoms with E-state index in [1.807, 2.05) is 0 Å². The Morgan fingerprint density at radius 1 is 0.933 bits per heavy atom. The van der Waals surface area contributed by atoms with E-state index >= 15 is 0 Å². The number of carbonyl (C=O) groups is 1. The standard InChI is InChI=1S/C22H23NO7/c1-12-15(11-20(24)23-16-8-13(26-2)6-7-17(16)28-4)22(25)30-19-10-14(27-3)9-18(29-5)21(12)19/h6-10H,11H2,1-5H3,(H,23,24). The van der Waals surface area contributed by atoms with Gasteiger partial charge in [0.1, 0.15) is 28.6 Å². The van der Waals surface area contributed by atoms with Gasteiger partial charge >= 0.3 is 5.63 Å². The molecule has 3 rings (SSSR count). The van der Waals surface area contributed by atoms with Gasteiger partial charge in [-0.05, 0) is 24.6 Å². The average molecular weight is 413 g/mol. The molecule has 0 saturated heterocycles. The lowest BCUT2D eigenvalue weighted by Crippen LogP contribution is -2.21. The highest BCUT2D eigenvalue weighted by atomic mass is 16.5. The minimum Gasteiger partial charge on any atom is -0.497 e. The highest BCUT2D eigenvalue weighted by Crippen LogP contribution is 2.34. The minimum atomic E-state index is -0.594. The predicted octanol–water partition coefficient (Wildman–Crippen LogP) is 3.32. The number of aryl methyl sites for hydroxylation is 1. The van der Waals surface area contributed by atoms with Crippen molar-refractivity contribution < 1.29 is 28.2 Å². The number of nitrogens with one attached hydrogen (secondary N) is 1. The van der Waals surface area contributed by atoms with Crippen LogP contribution in [0.1, 0.15) is 11.1 Å². The maximum Gasteiger partial charge on any atom is 0.340 e. The SMILES string of the molecule is COc1ccc(OC)c(NC(=O)Cc2c(C)c3c(OC)cc(OC)cc3oc2=O)c1. The van der Waals surface area contributed by atoms with Crippen molar-refractivity contribution >= 4 is 22.6 Å². The van der Waals surface area contributed by atoms with Gasteiger partial charge < -0.3 is 28.7 Å². The lowest BCUT2D eigenvalue weighted by atomic mass is 10.0. The second-order valence-corrected chi connectivity index (χ2v) is 6.49. The van der Waals surface area contributed by atoms with Crippen LogP contribution in [0.15, 0.2) is 39.5 Å². The van der Waals surface area contributed by atoms with E-state index in [2.05, 4.69) is 5.32 Å². The van der Waals surface area contributed by atoms with Gasteiger partial charge in [0.25, 0.3) is 0 Å². The molecule has 1 amide bonds. The van der Waals surface area contributed by atoms with E-state index in [1.54, 1.807) is 37.3 Å². The van der Waals surface area contributed by atoms with Gasteiger partial charge in [0.2, 0.25) is 5.91 Å². The average Bonchev–Trinajstić information content (AvgIpc) is 2.75. The summed E-state index contributed by atoms with van der Waals surface area (Å²) in [5, 5.41) is 3.37. The summed E-state index contributed by atoms with van der Waals surface area (Å²) in [7, 11) is 6.05. The Morgan fingerprint density at radius 3 is 2.27 bits per heavy atom. The van der Waals surface area contributed by atoms with Gasteiger partial charge in [-0.1, -0.05) is 0 Å². The molecule has 0 unspecified atom stereocenters. The molecule has 0 spiro atoms. The summed E-state index contributed by atoms with van der Waals surface area (Å²) in [6, 6.07) is 8.35. The first-order valence-corrected chi connectivity index (χ1v) is 9.12. The van der Waals surface area contributed by atoms with Crippen LogP contribution >= 0.6 is 0 Å². The Morgan fingerprint density at radius 2 is 1.63 bits per heavy atom. The van der Waals surface area contributed by atoms with Gasteiger partial charge in [0.15, 0.2) is 0 Å². The minimum absolute atomic E-state index is 0.181. The van der Waals surface area contributed by atoms with Crippen molar-refractivity contribution in [3.8, 4) is 23.0 Å². The van der Waals surface area contributed by atoms with Crippen molar-refractivity contribution in [2.45, 2.75) is 13.3 Å². The number of anilines is 1. The summed E-state index contributed by atoms with van der Waals surface area (Å²) in [5.74, 6) is 1.62. The van der Waals surface area contributed by atoms with Crippen LogP contribution in [0.5, 0.6) is 23.0 Å². The van der Waals surface area contributed by atoms with Gasteiger partial charge in [-0.2, -0.15) is 0 Å². The lowest BCUT2D eigenvalue weighted by Gasteiger charge is -2.14. The molecule has 0 aliphatic heterocycles. The molecule has 0 radical (unpaired) electrons. The van der Waals surface area contributed by atoms with Crippen molar-refractivity contribution in [2.24, 2.45) is 0 Å². The van der Waals surface area contributed by atoms with E-state index in [1.165, 1.54) is 28.4 Å². The van der Waals surface area contributed by atoms with Crippen LogP contribution in [0, 0.1) is 6.92 Å². The van der Waals surface area contributed by atoms with E-state index in [9.17, 15) is 9.59 Å². The summed E-state index contributed by atoms with van der Waals surface area (Å²) >= 11 is 0. The van der Waals surface area contributed by atoms with Crippen LogP contribution in [0.2, 0.25) is 0 Å². The second-order valence-electron chi connectivity index (χ2n) is 6.49. The molecule has 1 N–H and O–H groups in total. The number of rotatable bonds is 7. The molecule has 1 aromatic heterocycles. The molecule has 158 valence electrons. The molecule has 0 atom stereocenters. The number of methoxy groups -OCH3 is 4. The quantitative estimate of drug-likeness (QED) is 0.594. The topological polar surface area (TPSA) is 96.2 Å². The highest BCUT2D eigenvalue weighted by molar-refractivity contribution is 5.95. The van der Waals surface area contributed by atoms with E-state index in [0.29, 0.717) is 45.2 Å². The maximum atomic E-state index is 12.7. The van der Waals surface area contributed by atoms with Crippen LogP contribution in [-0.2, 0) is 11.2 Å². The van der Waals surface area contributed by atoms with Crippen LogP contribution in [0.25, 0.3) is 11.0 Å². The zero-order valence-electron chi connectivity index (χ0n) is 17.5. The number of amides is 1. The molecule has 0 saturated carbocycles. The summed E-state index contributed by atoms with van der Waals surface area (Å²) in [4.78, 5) is 25.3. The highest BCUT2D eigenvalue weighted by Gasteiger charge is 2.19. The summed E-state index contributed by atoms with van der Waals surface area (Å²) in [5.41, 5.74) is 1.02. The Balaban J connectivity index is 1.98. The molecule has 8 nitrogen and oxygen atoms in total. The molecule has 0 aliphatic carbocycles. The summed E-state index contributed by atoms with van der Waals surface area (Å²) < 4.78 is 26.6. The van der Waals surface area contributed by atoms with Crippen LogP contribution in [-0.4, -0.2) is 34.3 Å². The molecule has 2 aromatic carbocycles. The molecule has 0 bridgehead atoms. The van der Waals surface area contributed by atoms with Gasteiger partial charge in [-0.15, -0.1) is 0 Å². The largest absolute Gasteiger partial charge is 0.497 e. The van der Waals surface area contributed by atoms with Crippen molar-refractivity contribution in [1.82, 2.24) is 0 Å². The number of carbonyl (C=O) groups excluding carboxylic acids is 1. The predicted molar refractivity (Wildman–Crippen MR) is 112 cm³/mol. The molecule has 0 fully saturated rings. The zero-order valence-corrected chi connectivity index (χ0v) is 17.5. The smallest absolute Gasteiger partial charge is 0.340 e. The number of hydrogen-bond donors (Lipinski definition) is 1.